The van der Waals surface area contributed by atoms with Gasteiger partial charge < -0.3 is 10.3 Å². The van der Waals surface area contributed by atoms with Crippen LogP contribution in [0.5, 0.6) is 0 Å². The van der Waals surface area contributed by atoms with Gasteiger partial charge in [-0.3, -0.25) is 4.79 Å². The molecule has 0 radical (unpaired) electrons. The molecular weight excluding hydrogens is 200 g/mol. The third kappa shape index (κ3) is 1.48. The first-order valence-electron chi connectivity index (χ1n) is 5.40. The maximum absolute atomic E-state index is 11.4. The van der Waals surface area contributed by atoms with E-state index >= 15 is 0 Å². The van der Waals surface area contributed by atoms with Crippen LogP contribution in [0.3, 0.4) is 0 Å². The highest BCUT2D eigenvalue weighted by Gasteiger charge is 2.14. The summed E-state index contributed by atoms with van der Waals surface area (Å²) in [5, 5.41) is 1.12. The normalized spacial score (nSPS) is 11.2. The van der Waals surface area contributed by atoms with E-state index in [1.165, 1.54) is 5.56 Å². The van der Waals surface area contributed by atoms with Gasteiger partial charge in [-0.1, -0.05) is 26.0 Å². The Morgan fingerprint density at radius 3 is 2.62 bits per heavy atom. The number of para-hydroxylation sites is 1. The summed E-state index contributed by atoms with van der Waals surface area (Å²) in [6, 6.07) is 5.69. The second-order valence-corrected chi connectivity index (χ2v) is 4.42. The van der Waals surface area contributed by atoms with Crippen LogP contribution in [0.25, 0.3) is 10.9 Å². The summed E-state index contributed by atoms with van der Waals surface area (Å²) >= 11 is 0. The van der Waals surface area contributed by atoms with E-state index in [4.69, 9.17) is 5.73 Å². The second-order valence-electron chi connectivity index (χ2n) is 4.42. The van der Waals surface area contributed by atoms with Gasteiger partial charge in [-0.05, 0) is 17.5 Å². The van der Waals surface area contributed by atoms with E-state index in [0.29, 0.717) is 11.5 Å². The lowest BCUT2D eigenvalue weighted by molar-refractivity contribution is 0.100. The minimum absolute atomic E-state index is 0.373. The molecule has 0 bridgehead atoms. The van der Waals surface area contributed by atoms with Gasteiger partial charge >= 0.3 is 0 Å². The first kappa shape index (κ1) is 10.7. The number of aromatic nitrogens is 1. The summed E-state index contributed by atoms with van der Waals surface area (Å²) in [7, 11) is 1.95. The number of hydrogen-bond acceptors (Lipinski definition) is 1. The Bertz CT molecular complexity index is 552. The number of carbonyl (C=O) groups is 1. The number of rotatable bonds is 2. The molecule has 0 fully saturated rings. The van der Waals surface area contributed by atoms with Crippen molar-refractivity contribution in [2.45, 2.75) is 19.8 Å². The van der Waals surface area contributed by atoms with E-state index in [1.54, 1.807) is 6.07 Å². The molecule has 16 heavy (non-hydrogen) atoms. The molecule has 1 amide bonds. The van der Waals surface area contributed by atoms with Gasteiger partial charge in [0, 0.05) is 18.6 Å². The van der Waals surface area contributed by atoms with E-state index in [2.05, 4.69) is 20.0 Å². The summed E-state index contributed by atoms with van der Waals surface area (Å²) in [5.41, 5.74) is 8.15. The predicted molar refractivity (Wildman–Crippen MR) is 65.5 cm³/mol. The Morgan fingerprint density at radius 1 is 1.38 bits per heavy atom. The molecule has 0 saturated heterocycles. The molecule has 0 spiro atoms. The van der Waals surface area contributed by atoms with E-state index in [9.17, 15) is 4.79 Å². The average Bonchev–Trinajstić information content (AvgIpc) is 2.56. The Hall–Kier alpha value is -1.77. The molecule has 3 nitrogen and oxygen atoms in total. The first-order chi connectivity index (χ1) is 7.52. The van der Waals surface area contributed by atoms with Gasteiger partial charge in [-0.25, -0.2) is 0 Å². The number of amides is 1. The van der Waals surface area contributed by atoms with Crippen molar-refractivity contribution in [3.8, 4) is 0 Å². The van der Waals surface area contributed by atoms with Crippen molar-refractivity contribution in [3.63, 3.8) is 0 Å². The molecule has 2 rings (SSSR count). The van der Waals surface area contributed by atoms with Crippen LogP contribution >= 0.6 is 0 Å². The molecule has 1 aromatic heterocycles. The van der Waals surface area contributed by atoms with Gasteiger partial charge in [-0.2, -0.15) is 0 Å². The predicted octanol–water partition coefficient (Wildman–Crippen LogP) is 2.40. The van der Waals surface area contributed by atoms with Gasteiger partial charge in [0.05, 0.1) is 11.1 Å². The van der Waals surface area contributed by atoms with Crippen LogP contribution in [-0.4, -0.2) is 10.5 Å². The Balaban J connectivity index is 2.84. The smallest absolute Gasteiger partial charge is 0.250 e. The van der Waals surface area contributed by atoms with Gasteiger partial charge in [0.25, 0.3) is 5.91 Å². The van der Waals surface area contributed by atoms with Crippen LogP contribution in [0.4, 0.5) is 0 Å². The molecule has 0 atom stereocenters. The third-order valence-corrected chi connectivity index (χ3v) is 2.92. The van der Waals surface area contributed by atoms with Crippen LogP contribution in [0.1, 0.15) is 35.7 Å². The SMILES string of the molecule is CC(C)c1cn(C)c2c(C(N)=O)cccc12. The van der Waals surface area contributed by atoms with Gasteiger partial charge in [0.15, 0.2) is 0 Å². The molecule has 0 aliphatic rings. The topological polar surface area (TPSA) is 48.0 Å². The highest BCUT2D eigenvalue weighted by Crippen LogP contribution is 2.28. The monoisotopic (exact) mass is 216 g/mol. The minimum atomic E-state index is -0.373. The number of nitrogens with two attached hydrogens (primary N) is 1. The molecular formula is C13H16N2O. The number of carbonyl (C=O) groups excluding carboxylic acids is 1. The van der Waals surface area contributed by atoms with Crippen molar-refractivity contribution < 1.29 is 4.79 Å². The van der Waals surface area contributed by atoms with Gasteiger partial charge in [-0.15, -0.1) is 0 Å². The molecule has 0 unspecified atom stereocenters. The average molecular weight is 216 g/mol. The van der Waals surface area contributed by atoms with Crippen molar-refractivity contribution in [2.75, 3.05) is 0 Å². The van der Waals surface area contributed by atoms with E-state index in [0.717, 1.165) is 10.9 Å². The first-order valence-corrected chi connectivity index (χ1v) is 5.40. The van der Waals surface area contributed by atoms with Crippen LogP contribution in [0.2, 0.25) is 0 Å². The number of nitrogens with zero attached hydrogens (tertiary/aromatic N) is 1. The second kappa shape index (κ2) is 3.67. The van der Waals surface area contributed by atoms with Crippen molar-refractivity contribution in [1.29, 1.82) is 0 Å². The quantitative estimate of drug-likeness (QED) is 0.823. The molecule has 3 heteroatoms. The summed E-state index contributed by atoms with van der Waals surface area (Å²) in [5.74, 6) is 0.0638. The van der Waals surface area contributed by atoms with Crippen molar-refractivity contribution in [2.24, 2.45) is 12.8 Å². The number of fused-ring (bicyclic) bond motifs is 1. The third-order valence-electron chi connectivity index (χ3n) is 2.92. The van der Waals surface area contributed by atoms with Gasteiger partial charge in [0.1, 0.15) is 0 Å². The highest BCUT2D eigenvalue weighted by atomic mass is 16.1. The maximum atomic E-state index is 11.4. The highest BCUT2D eigenvalue weighted by molar-refractivity contribution is 6.06. The molecule has 2 aromatic rings. The number of aryl methyl sites for hydroxylation is 1. The molecule has 1 aromatic carbocycles. The molecule has 0 aliphatic carbocycles. The minimum Gasteiger partial charge on any atom is -0.366 e. The Labute approximate surface area is 94.9 Å². The summed E-state index contributed by atoms with van der Waals surface area (Å²) in [6.45, 7) is 4.29. The molecule has 1 heterocycles. The zero-order chi connectivity index (χ0) is 11.9. The standard InChI is InChI=1S/C13H16N2O/c1-8(2)11-7-15(3)12-9(11)5-4-6-10(12)13(14)16/h4-8H,1-3H3,(H2,14,16). The zero-order valence-corrected chi connectivity index (χ0v) is 9.82. The number of hydrogen-bond donors (Lipinski definition) is 1. The fraction of sp³-hybridized carbons (Fsp3) is 0.308. The van der Waals surface area contributed by atoms with Crippen LogP contribution in [0, 0.1) is 0 Å². The van der Waals surface area contributed by atoms with Crippen LogP contribution in [0.15, 0.2) is 24.4 Å². The van der Waals surface area contributed by atoms with Crippen molar-refractivity contribution in [3.05, 3.63) is 35.5 Å². The summed E-state index contributed by atoms with van der Waals surface area (Å²) < 4.78 is 1.98. The lowest BCUT2D eigenvalue weighted by atomic mass is 10.0. The van der Waals surface area contributed by atoms with Crippen LogP contribution < -0.4 is 5.73 Å². The Kier molecular flexibility index (Phi) is 2.46. The zero-order valence-electron chi connectivity index (χ0n) is 9.82. The maximum Gasteiger partial charge on any atom is 0.250 e. The lowest BCUT2D eigenvalue weighted by Crippen LogP contribution is -2.12. The van der Waals surface area contributed by atoms with E-state index in [-0.39, 0.29) is 5.91 Å². The van der Waals surface area contributed by atoms with Crippen molar-refractivity contribution >= 4 is 16.8 Å². The van der Waals surface area contributed by atoms with Crippen LogP contribution in [-0.2, 0) is 7.05 Å². The van der Waals surface area contributed by atoms with E-state index < -0.39 is 0 Å². The molecule has 0 aliphatic heterocycles. The Morgan fingerprint density at radius 2 is 2.06 bits per heavy atom. The van der Waals surface area contributed by atoms with Gasteiger partial charge in [0.2, 0.25) is 0 Å². The number of primary amides is 1. The number of benzene rings is 1. The summed E-state index contributed by atoms with van der Waals surface area (Å²) in [4.78, 5) is 11.4. The summed E-state index contributed by atoms with van der Waals surface area (Å²) in [6.07, 6.45) is 2.07. The molecule has 0 saturated carbocycles. The molecule has 84 valence electrons. The van der Waals surface area contributed by atoms with E-state index in [1.807, 2.05) is 23.7 Å². The molecule has 2 N–H and O–H groups in total. The largest absolute Gasteiger partial charge is 0.366 e. The fourth-order valence-electron chi connectivity index (χ4n) is 2.16. The van der Waals surface area contributed by atoms with Crippen molar-refractivity contribution in [1.82, 2.24) is 4.57 Å². The fourth-order valence-corrected chi connectivity index (χ4v) is 2.16. The lowest BCUT2D eigenvalue weighted by Gasteiger charge is -2.03.